The van der Waals surface area contributed by atoms with E-state index in [0.29, 0.717) is 37.2 Å². The second-order valence-corrected chi connectivity index (χ2v) is 7.73. The molecule has 0 bridgehead atoms. The SMILES string of the molecule is CN=C(NCCS(=O)Cc1ccccc1)NCC1COc2ccccc2O1.I. The molecule has 1 aliphatic heterocycles. The van der Waals surface area contributed by atoms with Crippen molar-refractivity contribution in [1.29, 1.82) is 0 Å². The molecule has 0 saturated carbocycles. The Labute approximate surface area is 185 Å². The number of benzene rings is 2. The van der Waals surface area contributed by atoms with Crippen LogP contribution in [0.2, 0.25) is 0 Å². The molecule has 2 aromatic rings. The zero-order valence-electron chi connectivity index (χ0n) is 15.8. The lowest BCUT2D eigenvalue weighted by atomic mass is 10.2. The highest BCUT2D eigenvalue weighted by Gasteiger charge is 2.20. The Morgan fingerprint density at radius 1 is 1.11 bits per heavy atom. The van der Waals surface area contributed by atoms with E-state index in [9.17, 15) is 4.21 Å². The van der Waals surface area contributed by atoms with E-state index in [4.69, 9.17) is 9.47 Å². The number of hydrogen-bond acceptors (Lipinski definition) is 4. The summed E-state index contributed by atoms with van der Waals surface area (Å²) in [5.74, 6) is 3.33. The summed E-state index contributed by atoms with van der Waals surface area (Å²) in [6.07, 6.45) is -0.0920. The van der Waals surface area contributed by atoms with E-state index in [1.165, 1.54) is 0 Å². The highest BCUT2D eigenvalue weighted by atomic mass is 127. The summed E-state index contributed by atoms with van der Waals surface area (Å²) in [5.41, 5.74) is 1.09. The van der Waals surface area contributed by atoms with E-state index in [-0.39, 0.29) is 30.1 Å². The van der Waals surface area contributed by atoms with Gasteiger partial charge < -0.3 is 20.1 Å². The first-order valence-corrected chi connectivity index (χ1v) is 10.5. The van der Waals surface area contributed by atoms with Gasteiger partial charge >= 0.3 is 0 Å². The fourth-order valence-electron chi connectivity index (χ4n) is 2.71. The second kappa shape index (κ2) is 11.9. The Bertz CT molecular complexity index is 789. The third kappa shape index (κ3) is 6.97. The summed E-state index contributed by atoms with van der Waals surface area (Å²) in [4.78, 5) is 4.20. The predicted molar refractivity (Wildman–Crippen MR) is 124 cm³/mol. The molecule has 1 aliphatic rings. The molecule has 0 fully saturated rings. The monoisotopic (exact) mass is 515 g/mol. The Morgan fingerprint density at radius 2 is 1.82 bits per heavy atom. The number of fused-ring (bicyclic) bond motifs is 1. The van der Waals surface area contributed by atoms with Crippen molar-refractivity contribution in [2.24, 2.45) is 4.99 Å². The zero-order chi connectivity index (χ0) is 18.9. The topological polar surface area (TPSA) is 72.0 Å². The summed E-state index contributed by atoms with van der Waals surface area (Å²) in [5, 5.41) is 6.42. The molecule has 8 heteroatoms. The molecular weight excluding hydrogens is 489 g/mol. The van der Waals surface area contributed by atoms with Gasteiger partial charge in [0.2, 0.25) is 0 Å². The van der Waals surface area contributed by atoms with Crippen LogP contribution in [0, 0.1) is 0 Å². The van der Waals surface area contributed by atoms with Crippen LogP contribution in [-0.4, -0.2) is 48.8 Å². The molecule has 2 N–H and O–H groups in total. The first kappa shape index (κ1) is 22.5. The molecule has 6 nitrogen and oxygen atoms in total. The van der Waals surface area contributed by atoms with E-state index in [1.807, 2.05) is 54.6 Å². The molecule has 0 radical (unpaired) electrons. The summed E-state index contributed by atoms with van der Waals surface area (Å²) in [6, 6.07) is 17.5. The van der Waals surface area contributed by atoms with E-state index < -0.39 is 10.8 Å². The molecular formula is C20H26IN3O3S. The Kier molecular flexibility index (Phi) is 9.56. The van der Waals surface area contributed by atoms with Gasteiger partial charge in [-0.1, -0.05) is 42.5 Å². The molecule has 0 spiro atoms. The van der Waals surface area contributed by atoms with Gasteiger partial charge in [-0.05, 0) is 17.7 Å². The van der Waals surface area contributed by atoms with Gasteiger partial charge in [0.25, 0.3) is 0 Å². The van der Waals surface area contributed by atoms with Crippen molar-refractivity contribution in [3.05, 3.63) is 60.2 Å². The molecule has 28 heavy (non-hydrogen) atoms. The third-order valence-electron chi connectivity index (χ3n) is 4.08. The van der Waals surface area contributed by atoms with Crippen molar-refractivity contribution in [2.75, 3.05) is 32.5 Å². The van der Waals surface area contributed by atoms with Gasteiger partial charge in [0.15, 0.2) is 17.5 Å². The number of rotatable bonds is 7. The standard InChI is InChI=1S/C20H25N3O3S.HI/c1-21-20(22-11-12-27(24)15-16-7-3-2-4-8-16)23-13-17-14-25-18-9-5-6-10-19(18)26-17;/h2-10,17H,11-15H2,1H3,(H2,21,22,23);1H. The third-order valence-corrected chi connectivity index (χ3v) is 5.40. The Morgan fingerprint density at radius 3 is 2.57 bits per heavy atom. The minimum atomic E-state index is -0.912. The number of ether oxygens (including phenoxy) is 2. The van der Waals surface area contributed by atoms with Crippen LogP contribution in [0.5, 0.6) is 11.5 Å². The lowest BCUT2D eigenvalue weighted by Crippen LogP contribution is -2.46. The molecule has 0 aromatic heterocycles. The highest BCUT2D eigenvalue weighted by molar-refractivity contribution is 14.0. The van der Waals surface area contributed by atoms with Crippen LogP contribution in [0.3, 0.4) is 0 Å². The van der Waals surface area contributed by atoms with Crippen LogP contribution in [0.4, 0.5) is 0 Å². The number of nitrogens with one attached hydrogen (secondary N) is 2. The molecule has 0 amide bonds. The van der Waals surface area contributed by atoms with Crippen LogP contribution in [0.1, 0.15) is 5.56 Å². The first-order chi connectivity index (χ1) is 13.2. The van der Waals surface area contributed by atoms with Gasteiger partial charge in [-0.25, -0.2) is 0 Å². The summed E-state index contributed by atoms with van der Waals surface area (Å²) in [7, 11) is 0.800. The second-order valence-electron chi connectivity index (χ2n) is 6.15. The first-order valence-electron chi connectivity index (χ1n) is 8.96. The summed E-state index contributed by atoms with van der Waals surface area (Å²) in [6.45, 7) is 1.65. The predicted octanol–water partition coefficient (Wildman–Crippen LogP) is 2.56. The molecule has 1 heterocycles. The number of para-hydroxylation sites is 2. The minimum Gasteiger partial charge on any atom is -0.486 e. The number of halogens is 1. The minimum absolute atomic E-state index is 0. The maximum Gasteiger partial charge on any atom is 0.191 e. The van der Waals surface area contributed by atoms with Crippen LogP contribution < -0.4 is 20.1 Å². The molecule has 2 unspecified atom stereocenters. The van der Waals surface area contributed by atoms with Gasteiger partial charge in [0, 0.05) is 35.9 Å². The zero-order valence-corrected chi connectivity index (χ0v) is 18.9. The van der Waals surface area contributed by atoms with Gasteiger partial charge in [-0.15, -0.1) is 24.0 Å². The fraction of sp³-hybridized carbons (Fsp3) is 0.350. The average Bonchev–Trinajstić information content (AvgIpc) is 2.71. The van der Waals surface area contributed by atoms with Crippen LogP contribution in [0.25, 0.3) is 0 Å². The van der Waals surface area contributed by atoms with Gasteiger partial charge in [0.1, 0.15) is 12.7 Å². The maximum absolute atomic E-state index is 12.2. The molecule has 3 rings (SSSR count). The van der Waals surface area contributed by atoms with Crippen molar-refractivity contribution in [3.8, 4) is 11.5 Å². The smallest absolute Gasteiger partial charge is 0.191 e. The number of nitrogens with zero attached hydrogens (tertiary/aromatic N) is 1. The normalized spacial score (nSPS) is 16.6. The number of aliphatic imine (C=N–C) groups is 1. The lowest BCUT2D eigenvalue weighted by molar-refractivity contribution is 0.0936. The van der Waals surface area contributed by atoms with E-state index in [0.717, 1.165) is 17.1 Å². The molecule has 0 aliphatic carbocycles. The van der Waals surface area contributed by atoms with Gasteiger partial charge in [-0.3, -0.25) is 9.20 Å². The van der Waals surface area contributed by atoms with Crippen molar-refractivity contribution < 1.29 is 13.7 Å². The van der Waals surface area contributed by atoms with Crippen LogP contribution in [-0.2, 0) is 16.6 Å². The van der Waals surface area contributed by atoms with Crippen molar-refractivity contribution >= 4 is 40.7 Å². The van der Waals surface area contributed by atoms with Crippen molar-refractivity contribution in [2.45, 2.75) is 11.9 Å². The maximum atomic E-state index is 12.2. The van der Waals surface area contributed by atoms with Crippen LogP contribution in [0.15, 0.2) is 59.6 Å². The largest absolute Gasteiger partial charge is 0.486 e. The summed E-state index contributed by atoms with van der Waals surface area (Å²) < 4.78 is 23.8. The fourth-order valence-corrected chi connectivity index (χ4v) is 3.75. The van der Waals surface area contributed by atoms with Crippen molar-refractivity contribution in [3.63, 3.8) is 0 Å². The van der Waals surface area contributed by atoms with Crippen molar-refractivity contribution in [1.82, 2.24) is 10.6 Å². The number of hydrogen-bond donors (Lipinski definition) is 2. The Balaban J connectivity index is 0.00000280. The van der Waals surface area contributed by atoms with Gasteiger partial charge in [-0.2, -0.15) is 0 Å². The lowest BCUT2D eigenvalue weighted by Gasteiger charge is -2.27. The Hall–Kier alpha value is -1.81. The molecule has 152 valence electrons. The number of guanidine groups is 1. The molecule has 2 aromatic carbocycles. The molecule has 2 atom stereocenters. The van der Waals surface area contributed by atoms with Gasteiger partial charge in [0.05, 0.1) is 6.54 Å². The molecule has 0 saturated heterocycles. The van der Waals surface area contributed by atoms with E-state index >= 15 is 0 Å². The average molecular weight is 515 g/mol. The highest BCUT2D eigenvalue weighted by Crippen LogP contribution is 2.30. The van der Waals surface area contributed by atoms with E-state index in [2.05, 4.69) is 15.6 Å². The quantitative estimate of drug-likeness (QED) is 0.337. The van der Waals surface area contributed by atoms with Crippen LogP contribution >= 0.6 is 24.0 Å². The summed E-state index contributed by atoms with van der Waals surface area (Å²) >= 11 is 0. The van der Waals surface area contributed by atoms with E-state index in [1.54, 1.807) is 7.05 Å².